The molecule has 0 rings (SSSR count). The molecule has 34 valence electrons. The number of nitrogens with one attached hydrogen (secondary N) is 2. The van der Waals surface area contributed by atoms with Gasteiger partial charge in [-0.1, -0.05) is 0 Å². The first-order chi connectivity index (χ1) is 2.91. The van der Waals surface area contributed by atoms with E-state index in [-0.39, 0.29) is 0 Å². The zero-order chi connectivity index (χ0) is 4.83. The summed E-state index contributed by atoms with van der Waals surface area (Å²) >= 11 is 0. The molecule has 0 aromatic rings. The molecule has 2 nitrogen and oxygen atoms in total. The van der Waals surface area contributed by atoms with Gasteiger partial charge in [-0.3, -0.25) is 0 Å². The molecule has 4 heteroatoms. The molecule has 2 N–H and O–H groups in total. The monoisotopic (exact) mass is 84.1 g/mol. The Morgan fingerprint density at radius 1 is 1.00 bits per heavy atom. The van der Waals surface area contributed by atoms with E-state index in [4.69, 9.17) is 0 Å². The first-order valence-electron chi connectivity index (χ1n) is 2.21. The van der Waals surface area contributed by atoms with Crippen LogP contribution in [0, 0.1) is 0 Å². The van der Waals surface area contributed by atoms with Gasteiger partial charge in [0.1, 0.15) is 0 Å². The van der Waals surface area contributed by atoms with Crippen LogP contribution in [0.25, 0.3) is 0 Å². The van der Waals surface area contributed by atoms with Gasteiger partial charge in [0.15, 0.2) is 16.0 Å². The average molecular weight is 83.7 g/mol. The largest absolute Gasteiger partial charge is 0.361 e. The molecular formula is C2H10B2N2. The van der Waals surface area contributed by atoms with Crippen LogP contribution in [-0.4, -0.2) is 29.1 Å². The summed E-state index contributed by atoms with van der Waals surface area (Å²) in [4.78, 5) is 0. The fourth-order valence-corrected chi connectivity index (χ4v) is 0.250. The van der Waals surface area contributed by atoms with Crippen molar-refractivity contribution in [3.63, 3.8) is 0 Å². The van der Waals surface area contributed by atoms with Crippen LogP contribution < -0.4 is 10.5 Å². The van der Waals surface area contributed by atoms with Gasteiger partial charge in [-0.2, -0.15) is 0 Å². The fraction of sp³-hybridized carbons (Fsp3) is 1.00. The molecule has 0 heterocycles. The van der Waals surface area contributed by atoms with Gasteiger partial charge >= 0.3 is 0 Å². The van der Waals surface area contributed by atoms with Crippen LogP contribution in [0.1, 0.15) is 0 Å². The molecule has 0 aromatic heterocycles. The Bertz CT molecular complexity index is 21.5. The maximum Gasteiger partial charge on any atom is 0.181 e. The average Bonchev–Trinajstić information content (AvgIpc) is 1.61. The quantitative estimate of drug-likeness (QED) is 0.286. The molecule has 0 amide bonds. The zero-order valence-electron chi connectivity index (χ0n) is 4.41. The van der Waals surface area contributed by atoms with Crippen LogP contribution in [0.15, 0.2) is 0 Å². The Hall–Kier alpha value is 0.0499. The summed E-state index contributed by atoms with van der Waals surface area (Å²) in [7, 11) is 3.88. The maximum absolute atomic E-state index is 3.01. The van der Waals surface area contributed by atoms with Gasteiger partial charge in [0.25, 0.3) is 0 Å². The van der Waals surface area contributed by atoms with Crippen molar-refractivity contribution in [1.29, 1.82) is 0 Å². The van der Waals surface area contributed by atoms with E-state index < -0.39 is 0 Å². The topological polar surface area (TPSA) is 24.1 Å². The Morgan fingerprint density at radius 2 is 1.33 bits per heavy atom. The lowest BCUT2D eigenvalue weighted by Crippen LogP contribution is -2.23. The van der Waals surface area contributed by atoms with E-state index in [1.54, 1.807) is 0 Å². The minimum Gasteiger partial charge on any atom is -0.361 e. The van der Waals surface area contributed by atoms with E-state index in [0.717, 1.165) is 13.1 Å². The van der Waals surface area contributed by atoms with Crippen LogP contribution >= 0.6 is 0 Å². The molecule has 0 fully saturated rings. The summed E-state index contributed by atoms with van der Waals surface area (Å²) in [6.07, 6.45) is 0. The van der Waals surface area contributed by atoms with Crippen LogP contribution in [0.4, 0.5) is 0 Å². The summed E-state index contributed by atoms with van der Waals surface area (Å²) in [5.41, 5.74) is 0. The van der Waals surface area contributed by atoms with Gasteiger partial charge in [-0.15, -0.1) is 0 Å². The minimum absolute atomic E-state index is 1.05. The van der Waals surface area contributed by atoms with Crippen molar-refractivity contribution in [2.24, 2.45) is 0 Å². The highest BCUT2D eigenvalue weighted by Gasteiger charge is 1.71. The van der Waals surface area contributed by atoms with Gasteiger partial charge in [0.2, 0.25) is 0 Å². The minimum atomic E-state index is 1.05. The van der Waals surface area contributed by atoms with Crippen molar-refractivity contribution in [2.45, 2.75) is 0 Å². The molecule has 0 bridgehead atoms. The maximum atomic E-state index is 3.01. The number of hydrogen-bond acceptors (Lipinski definition) is 2. The zero-order valence-corrected chi connectivity index (χ0v) is 4.41. The van der Waals surface area contributed by atoms with Gasteiger partial charge in [0.05, 0.1) is 0 Å². The highest BCUT2D eigenvalue weighted by Crippen LogP contribution is 1.43. The Labute approximate surface area is 40.6 Å². The van der Waals surface area contributed by atoms with Gasteiger partial charge < -0.3 is 10.5 Å². The van der Waals surface area contributed by atoms with E-state index in [9.17, 15) is 0 Å². The van der Waals surface area contributed by atoms with E-state index in [1.165, 1.54) is 0 Å². The van der Waals surface area contributed by atoms with Crippen LogP contribution in [-0.2, 0) is 0 Å². The molecule has 0 saturated carbocycles. The Balaban J connectivity index is 2.34. The lowest BCUT2D eigenvalue weighted by atomic mass is 10.3. The van der Waals surface area contributed by atoms with E-state index in [2.05, 4.69) is 10.5 Å². The molecule has 0 radical (unpaired) electrons. The van der Waals surface area contributed by atoms with Crippen molar-refractivity contribution in [3.8, 4) is 0 Å². The van der Waals surface area contributed by atoms with Crippen LogP contribution in [0.2, 0.25) is 0 Å². The predicted octanol–water partition coefficient (Wildman–Crippen LogP) is -2.74. The Morgan fingerprint density at radius 3 is 1.50 bits per heavy atom. The van der Waals surface area contributed by atoms with Gasteiger partial charge in [0, 0.05) is 0 Å². The fourth-order valence-electron chi connectivity index (χ4n) is 0.250. The van der Waals surface area contributed by atoms with Crippen LogP contribution in [0.5, 0.6) is 0 Å². The second kappa shape index (κ2) is 5.05. The molecule has 0 spiro atoms. The highest BCUT2D eigenvalue weighted by atomic mass is 14.8. The lowest BCUT2D eigenvalue weighted by molar-refractivity contribution is 0.856. The van der Waals surface area contributed by atoms with Crippen molar-refractivity contribution >= 4 is 16.0 Å². The number of rotatable bonds is 3. The van der Waals surface area contributed by atoms with Gasteiger partial charge in [-0.25, -0.2) is 0 Å². The van der Waals surface area contributed by atoms with E-state index in [0.29, 0.717) is 0 Å². The van der Waals surface area contributed by atoms with E-state index in [1.807, 2.05) is 16.0 Å². The molecule has 0 atom stereocenters. The predicted molar refractivity (Wildman–Crippen MR) is 33.1 cm³/mol. The van der Waals surface area contributed by atoms with Gasteiger partial charge in [-0.05, 0) is 13.1 Å². The highest BCUT2D eigenvalue weighted by molar-refractivity contribution is 6.05. The molecule has 6 heavy (non-hydrogen) atoms. The van der Waals surface area contributed by atoms with Crippen molar-refractivity contribution in [3.05, 3.63) is 0 Å². The SMILES string of the molecule is BNCCNB. The van der Waals surface area contributed by atoms with Crippen molar-refractivity contribution in [1.82, 2.24) is 10.5 Å². The third-order valence-corrected chi connectivity index (χ3v) is 0.625. The first-order valence-corrected chi connectivity index (χ1v) is 2.21. The first kappa shape index (κ1) is 6.05. The molecule has 0 aliphatic heterocycles. The summed E-state index contributed by atoms with van der Waals surface area (Å²) in [5.74, 6) is 0. The summed E-state index contributed by atoms with van der Waals surface area (Å²) in [6, 6.07) is 0. The molecule has 0 aromatic carbocycles. The summed E-state index contributed by atoms with van der Waals surface area (Å²) < 4.78 is 0. The van der Waals surface area contributed by atoms with Crippen molar-refractivity contribution < 1.29 is 0 Å². The molecule has 0 unspecified atom stereocenters. The standard InChI is InChI=1S/C2H10B2N2/c3-5-1-2-6-4/h5-6H,1-4H2. The third kappa shape index (κ3) is 4.05. The molecule has 0 aliphatic carbocycles. The molecule has 0 aliphatic rings. The number of hydrogen-bond donors (Lipinski definition) is 2. The van der Waals surface area contributed by atoms with Crippen molar-refractivity contribution in [2.75, 3.05) is 13.1 Å². The van der Waals surface area contributed by atoms with Crippen LogP contribution in [0.3, 0.4) is 0 Å². The third-order valence-electron chi connectivity index (χ3n) is 0.625. The second-order valence-electron chi connectivity index (χ2n) is 1.21. The smallest absolute Gasteiger partial charge is 0.181 e. The Kier molecular flexibility index (Phi) is 5.09. The molecule has 0 saturated heterocycles. The second-order valence-corrected chi connectivity index (χ2v) is 1.21. The molecular weight excluding hydrogens is 73.7 g/mol. The summed E-state index contributed by atoms with van der Waals surface area (Å²) in [6.45, 7) is 2.10. The normalized spacial score (nSPS) is 8.67. The lowest BCUT2D eigenvalue weighted by Gasteiger charge is -1.92. The van der Waals surface area contributed by atoms with E-state index >= 15 is 0 Å². The summed E-state index contributed by atoms with van der Waals surface area (Å²) in [5, 5.41) is 6.01.